The van der Waals surface area contributed by atoms with Crippen molar-refractivity contribution in [1.29, 1.82) is 0 Å². The maximum Gasteiger partial charge on any atom is 0.164 e. The number of hydrogen-bond acceptors (Lipinski definition) is 4. The number of nitrogens with zero attached hydrogens (tertiary/aromatic N) is 7. The topological polar surface area (TPSA) is 66.3 Å². The smallest absolute Gasteiger partial charge is 0.164 e. The molecule has 0 saturated heterocycles. The van der Waals surface area contributed by atoms with Crippen LogP contribution in [-0.2, 0) is 0 Å². The molecule has 0 aliphatic rings. The molecular formula is C74H47N7. The first-order chi connectivity index (χ1) is 40.2. The maximum atomic E-state index is 5.11. The van der Waals surface area contributed by atoms with Gasteiger partial charge in [-0.3, -0.25) is 4.98 Å². The molecule has 5 aromatic heterocycles. The van der Waals surface area contributed by atoms with Crippen LogP contribution in [0.3, 0.4) is 0 Å². The summed E-state index contributed by atoms with van der Waals surface area (Å²) in [4.78, 5) is 20.1. The van der Waals surface area contributed by atoms with Crippen LogP contribution in [0, 0.1) is 0 Å². The predicted octanol–water partition coefficient (Wildman–Crippen LogP) is 18.6. The van der Waals surface area contributed by atoms with E-state index in [0.29, 0.717) is 17.5 Å². The van der Waals surface area contributed by atoms with E-state index in [2.05, 4.69) is 232 Å². The Bertz CT molecular complexity index is 4740. The summed E-state index contributed by atoms with van der Waals surface area (Å²) >= 11 is 0. The predicted molar refractivity (Wildman–Crippen MR) is 333 cm³/mol. The summed E-state index contributed by atoms with van der Waals surface area (Å²) in [7, 11) is 0. The number of rotatable bonds is 9. The highest BCUT2D eigenvalue weighted by atomic mass is 15.0. The molecule has 0 N–H and O–H groups in total. The summed E-state index contributed by atoms with van der Waals surface area (Å²) in [6.07, 6.45) is 1.92. The Hall–Kier alpha value is -11.0. The fraction of sp³-hybridized carbons (Fsp3) is 0. The van der Waals surface area contributed by atoms with Crippen LogP contribution in [-0.4, -0.2) is 33.6 Å². The Balaban J connectivity index is 0.847. The molecule has 81 heavy (non-hydrogen) atoms. The van der Waals surface area contributed by atoms with Crippen molar-refractivity contribution >= 4 is 65.4 Å². The molecule has 0 radical (unpaired) electrons. The lowest BCUT2D eigenvalue weighted by molar-refractivity contribution is 1.07. The van der Waals surface area contributed by atoms with Gasteiger partial charge in [-0.1, -0.05) is 200 Å². The average molecular weight is 1030 g/mol. The zero-order chi connectivity index (χ0) is 53.4. The highest BCUT2D eigenvalue weighted by molar-refractivity contribution is 6.14. The van der Waals surface area contributed by atoms with Crippen molar-refractivity contribution in [2.75, 3.05) is 0 Å². The monoisotopic (exact) mass is 1030 g/mol. The SMILES string of the molecule is c1ccc(-c2nc(-c3ccccc3)nc(-c3ccc(-c4ccnc(-c5ccccc5)c4-c4ccc(-n5c6ccc(-n7c8ccccc8c8ccccc87)cc6c6cc(-n7c8ccccc8c8ccccc87)ccc65)cc4)cc3)n2)cc1. The molecule has 0 aliphatic heterocycles. The minimum atomic E-state index is 0.612. The van der Waals surface area contributed by atoms with Gasteiger partial charge in [0, 0.05) is 83.4 Å². The van der Waals surface area contributed by atoms with Crippen LogP contribution >= 0.6 is 0 Å². The van der Waals surface area contributed by atoms with E-state index in [1.54, 1.807) is 0 Å². The highest BCUT2D eigenvalue weighted by Gasteiger charge is 2.22. The van der Waals surface area contributed by atoms with Gasteiger partial charge in [-0.25, -0.2) is 15.0 Å². The summed E-state index contributed by atoms with van der Waals surface area (Å²) < 4.78 is 7.26. The number of benzene rings is 11. The van der Waals surface area contributed by atoms with E-state index in [1.165, 1.54) is 54.4 Å². The van der Waals surface area contributed by atoms with Crippen molar-refractivity contribution in [2.45, 2.75) is 0 Å². The van der Waals surface area contributed by atoms with E-state index in [4.69, 9.17) is 19.9 Å². The number of aromatic nitrogens is 7. The summed E-state index contributed by atoms with van der Waals surface area (Å²) in [5, 5.41) is 7.30. The second-order valence-electron chi connectivity index (χ2n) is 20.6. The van der Waals surface area contributed by atoms with Crippen molar-refractivity contribution in [3.8, 4) is 84.7 Å². The van der Waals surface area contributed by atoms with Crippen LogP contribution < -0.4 is 0 Å². The Morgan fingerprint density at radius 1 is 0.235 bits per heavy atom. The number of hydrogen-bond donors (Lipinski definition) is 0. The molecule has 7 nitrogen and oxygen atoms in total. The van der Waals surface area contributed by atoms with Gasteiger partial charge in [-0.05, 0) is 95.6 Å². The lowest BCUT2D eigenvalue weighted by Gasteiger charge is -2.17. The molecule has 5 heterocycles. The van der Waals surface area contributed by atoms with Crippen LogP contribution in [0.2, 0.25) is 0 Å². The number of pyridine rings is 1. The van der Waals surface area contributed by atoms with E-state index in [-0.39, 0.29) is 0 Å². The van der Waals surface area contributed by atoms with Crippen LogP contribution in [0.25, 0.3) is 150 Å². The Kier molecular flexibility index (Phi) is 10.7. The molecule has 0 unspecified atom stereocenters. The fourth-order valence-corrected chi connectivity index (χ4v) is 12.3. The second kappa shape index (κ2) is 18.9. The Morgan fingerprint density at radius 3 is 1.01 bits per heavy atom. The number of para-hydroxylation sites is 4. The van der Waals surface area contributed by atoms with Gasteiger partial charge in [0.1, 0.15) is 0 Å². The van der Waals surface area contributed by atoms with Gasteiger partial charge in [0.2, 0.25) is 0 Å². The van der Waals surface area contributed by atoms with E-state index < -0.39 is 0 Å². The molecule has 0 bridgehead atoms. The van der Waals surface area contributed by atoms with Gasteiger partial charge >= 0.3 is 0 Å². The molecule has 11 aromatic carbocycles. The number of fused-ring (bicyclic) bond motifs is 9. The summed E-state index contributed by atoms with van der Waals surface area (Å²) in [6, 6.07) is 99.3. The fourth-order valence-electron chi connectivity index (χ4n) is 12.3. The molecule has 16 aromatic rings. The van der Waals surface area contributed by atoms with Gasteiger partial charge < -0.3 is 13.7 Å². The van der Waals surface area contributed by atoms with Crippen molar-refractivity contribution < 1.29 is 0 Å². The van der Waals surface area contributed by atoms with Crippen LogP contribution in [0.15, 0.2) is 285 Å². The third-order valence-corrected chi connectivity index (χ3v) is 16.0. The highest BCUT2D eigenvalue weighted by Crippen LogP contribution is 2.43. The van der Waals surface area contributed by atoms with Gasteiger partial charge in [0.25, 0.3) is 0 Å². The first-order valence-electron chi connectivity index (χ1n) is 27.4. The van der Waals surface area contributed by atoms with Gasteiger partial charge in [0.15, 0.2) is 17.5 Å². The van der Waals surface area contributed by atoms with Gasteiger partial charge in [-0.2, -0.15) is 0 Å². The zero-order valence-electron chi connectivity index (χ0n) is 43.8. The molecule has 0 amide bonds. The maximum absolute atomic E-state index is 5.11. The molecule has 0 atom stereocenters. The quantitative estimate of drug-likeness (QED) is 0.144. The van der Waals surface area contributed by atoms with Crippen LogP contribution in [0.1, 0.15) is 0 Å². The standard InChI is InChI=1S/C74H47N7/c1-4-18-50(19-5-1)71-70(57(44-45-75-71)48-32-34-53(35-33-48)74-77-72(51-20-6-2-7-21-51)76-73(78-74)52-22-8-3-9-23-52)49-36-38-54(39-37-49)79-68-42-40-55(80-64-28-14-10-24-58(64)59-25-11-15-29-65(59)80)46-62(68)63-47-56(41-43-69(63)79)81-66-30-16-12-26-60(66)61-27-13-17-31-67(61)81/h1-47H. The van der Waals surface area contributed by atoms with Crippen molar-refractivity contribution in [3.05, 3.63) is 285 Å². The van der Waals surface area contributed by atoms with Crippen LogP contribution in [0.5, 0.6) is 0 Å². The lowest BCUT2D eigenvalue weighted by atomic mass is 9.91. The van der Waals surface area contributed by atoms with Gasteiger partial charge in [-0.15, -0.1) is 0 Å². The second-order valence-corrected chi connectivity index (χ2v) is 20.6. The molecule has 0 spiro atoms. The van der Waals surface area contributed by atoms with Crippen molar-refractivity contribution in [2.24, 2.45) is 0 Å². The first kappa shape index (κ1) is 46.1. The van der Waals surface area contributed by atoms with E-state index in [0.717, 1.165) is 78.3 Å². The first-order valence-corrected chi connectivity index (χ1v) is 27.4. The summed E-state index contributed by atoms with van der Waals surface area (Å²) in [5.74, 6) is 1.87. The molecule has 378 valence electrons. The minimum absolute atomic E-state index is 0.612. The largest absolute Gasteiger partial charge is 0.309 e. The zero-order valence-corrected chi connectivity index (χ0v) is 43.8. The lowest BCUT2D eigenvalue weighted by Crippen LogP contribution is -2.00. The molecule has 0 saturated carbocycles. The summed E-state index contributed by atoms with van der Waals surface area (Å²) in [6.45, 7) is 0. The Labute approximate surface area is 466 Å². The average Bonchev–Trinajstić information content (AvgIpc) is 4.39. The molecule has 7 heteroatoms. The molecule has 0 fully saturated rings. The Morgan fingerprint density at radius 2 is 0.568 bits per heavy atom. The van der Waals surface area contributed by atoms with Crippen molar-refractivity contribution in [1.82, 2.24) is 33.6 Å². The van der Waals surface area contributed by atoms with Crippen molar-refractivity contribution in [3.63, 3.8) is 0 Å². The third kappa shape index (κ3) is 7.66. The van der Waals surface area contributed by atoms with E-state index in [1.807, 2.05) is 66.9 Å². The normalized spacial score (nSPS) is 11.7. The van der Waals surface area contributed by atoms with Crippen LogP contribution in [0.4, 0.5) is 0 Å². The summed E-state index contributed by atoms with van der Waals surface area (Å²) in [5.41, 5.74) is 19.2. The third-order valence-electron chi connectivity index (χ3n) is 16.0. The molecule has 0 aliphatic carbocycles. The van der Waals surface area contributed by atoms with E-state index >= 15 is 0 Å². The molecular weight excluding hydrogens is 987 g/mol. The van der Waals surface area contributed by atoms with E-state index in [9.17, 15) is 0 Å². The minimum Gasteiger partial charge on any atom is -0.309 e. The van der Waals surface area contributed by atoms with Gasteiger partial charge in [0.05, 0.1) is 38.8 Å². The molecule has 16 rings (SSSR count).